The first-order valence-electron chi connectivity index (χ1n) is 7.73. The van der Waals surface area contributed by atoms with Gasteiger partial charge in [-0.05, 0) is 6.07 Å². The number of hydrogen-bond donors (Lipinski definition) is 0. The van der Waals surface area contributed by atoms with Gasteiger partial charge in [0.15, 0.2) is 0 Å². The van der Waals surface area contributed by atoms with Crippen molar-refractivity contribution in [1.82, 2.24) is 19.7 Å². The molecule has 2 aromatic rings. The fourth-order valence-corrected chi connectivity index (χ4v) is 2.80. The highest BCUT2D eigenvalue weighted by Crippen LogP contribution is 2.28. The van der Waals surface area contributed by atoms with Crippen LogP contribution in [0.5, 0.6) is 0 Å². The van der Waals surface area contributed by atoms with Crippen LogP contribution in [-0.4, -0.2) is 56.7 Å². The number of carbonyl (C=O) groups excluding carboxylic acids is 1. The molecule has 1 aliphatic rings. The first kappa shape index (κ1) is 15.9. The molecular formula is C15H18N6O3. The van der Waals surface area contributed by atoms with Crippen LogP contribution in [0, 0.1) is 10.1 Å². The Bertz CT molecular complexity index is 710. The average molecular weight is 330 g/mol. The maximum absolute atomic E-state index is 12.2. The summed E-state index contributed by atoms with van der Waals surface area (Å²) in [5.41, 5.74) is 0.709. The molecule has 0 spiro atoms. The molecule has 126 valence electrons. The van der Waals surface area contributed by atoms with Crippen molar-refractivity contribution in [3.8, 4) is 0 Å². The number of nitro benzene ring substituents is 1. The van der Waals surface area contributed by atoms with Gasteiger partial charge in [0.05, 0.1) is 11.5 Å². The molecule has 2 heterocycles. The van der Waals surface area contributed by atoms with Gasteiger partial charge in [-0.3, -0.25) is 19.6 Å². The first-order valence-corrected chi connectivity index (χ1v) is 7.73. The van der Waals surface area contributed by atoms with E-state index in [-0.39, 0.29) is 16.5 Å². The summed E-state index contributed by atoms with van der Waals surface area (Å²) in [7, 11) is 0. The Morgan fingerprint density at radius 3 is 2.62 bits per heavy atom. The largest absolute Gasteiger partial charge is 0.362 e. The molecule has 1 saturated heterocycles. The van der Waals surface area contributed by atoms with Crippen LogP contribution in [0.4, 0.5) is 11.4 Å². The second-order valence-electron chi connectivity index (χ2n) is 5.52. The molecule has 24 heavy (non-hydrogen) atoms. The maximum Gasteiger partial charge on any atom is 0.292 e. The van der Waals surface area contributed by atoms with Crippen molar-refractivity contribution in [2.45, 2.75) is 13.0 Å². The summed E-state index contributed by atoms with van der Waals surface area (Å²) in [5.74, 6) is 0.0627. The standard InChI is InChI=1S/C15H18N6O3/c22-15(5-6-20-12-16-11-17-20)19-9-7-18(8-10-19)13-3-1-2-4-14(13)21(23)24/h1-4,11-12H,5-10H2. The van der Waals surface area contributed by atoms with Gasteiger partial charge in [0.2, 0.25) is 5.91 Å². The number of amides is 1. The first-order chi connectivity index (χ1) is 11.6. The van der Waals surface area contributed by atoms with Gasteiger partial charge in [-0.25, -0.2) is 4.98 Å². The molecule has 9 nitrogen and oxygen atoms in total. The number of benzene rings is 1. The van der Waals surface area contributed by atoms with Crippen molar-refractivity contribution in [3.63, 3.8) is 0 Å². The number of nitro groups is 1. The summed E-state index contributed by atoms with van der Waals surface area (Å²) in [5, 5.41) is 15.1. The Kier molecular flexibility index (Phi) is 4.69. The predicted molar refractivity (Wildman–Crippen MR) is 86.5 cm³/mol. The fourth-order valence-electron chi connectivity index (χ4n) is 2.80. The lowest BCUT2D eigenvalue weighted by Gasteiger charge is -2.35. The third-order valence-electron chi connectivity index (χ3n) is 4.07. The van der Waals surface area contributed by atoms with E-state index in [0.717, 1.165) is 0 Å². The number of aryl methyl sites for hydroxylation is 1. The Hall–Kier alpha value is -2.97. The molecule has 0 saturated carbocycles. The van der Waals surface area contributed by atoms with Crippen LogP contribution >= 0.6 is 0 Å². The van der Waals surface area contributed by atoms with Crippen LogP contribution in [0.1, 0.15) is 6.42 Å². The van der Waals surface area contributed by atoms with Crippen LogP contribution in [0.15, 0.2) is 36.9 Å². The van der Waals surface area contributed by atoms with E-state index in [1.165, 1.54) is 12.4 Å². The molecule has 0 N–H and O–H groups in total. The summed E-state index contributed by atoms with van der Waals surface area (Å²) < 4.78 is 1.63. The summed E-state index contributed by atoms with van der Waals surface area (Å²) in [4.78, 5) is 30.6. The quantitative estimate of drug-likeness (QED) is 0.597. The summed E-state index contributed by atoms with van der Waals surface area (Å²) in [6, 6.07) is 6.70. The molecule has 1 amide bonds. The van der Waals surface area contributed by atoms with E-state index in [4.69, 9.17) is 0 Å². The molecule has 0 unspecified atom stereocenters. The van der Waals surface area contributed by atoms with Gasteiger partial charge >= 0.3 is 0 Å². The fraction of sp³-hybridized carbons (Fsp3) is 0.400. The van der Waals surface area contributed by atoms with Crippen molar-refractivity contribution in [2.24, 2.45) is 0 Å². The lowest BCUT2D eigenvalue weighted by atomic mass is 10.2. The molecule has 1 fully saturated rings. The van der Waals surface area contributed by atoms with Gasteiger partial charge in [-0.2, -0.15) is 5.10 Å². The van der Waals surface area contributed by atoms with E-state index in [9.17, 15) is 14.9 Å². The molecule has 0 bridgehead atoms. The van der Waals surface area contributed by atoms with Crippen molar-refractivity contribution >= 4 is 17.3 Å². The minimum atomic E-state index is -0.370. The second kappa shape index (κ2) is 7.07. The van der Waals surface area contributed by atoms with E-state index in [0.29, 0.717) is 44.8 Å². The van der Waals surface area contributed by atoms with Gasteiger partial charge in [0.1, 0.15) is 18.3 Å². The average Bonchev–Trinajstić information content (AvgIpc) is 3.13. The SMILES string of the molecule is O=C(CCn1cncn1)N1CCN(c2ccccc2[N+](=O)[O-])CC1. The molecular weight excluding hydrogens is 312 g/mol. The molecule has 9 heteroatoms. The number of piperazine rings is 1. The minimum Gasteiger partial charge on any atom is -0.362 e. The number of nitrogens with zero attached hydrogens (tertiary/aromatic N) is 6. The highest BCUT2D eigenvalue weighted by atomic mass is 16.6. The molecule has 0 radical (unpaired) electrons. The number of rotatable bonds is 5. The van der Waals surface area contributed by atoms with E-state index in [1.807, 2.05) is 4.90 Å². The molecule has 1 aliphatic heterocycles. The van der Waals surface area contributed by atoms with Gasteiger partial charge in [0.25, 0.3) is 5.69 Å². The summed E-state index contributed by atoms with van der Waals surface area (Å²) in [6.45, 7) is 2.79. The van der Waals surface area contributed by atoms with Gasteiger partial charge in [-0.15, -0.1) is 0 Å². The summed E-state index contributed by atoms with van der Waals surface area (Å²) >= 11 is 0. The zero-order chi connectivity index (χ0) is 16.9. The van der Waals surface area contributed by atoms with Crippen LogP contribution < -0.4 is 4.90 Å². The number of anilines is 1. The molecule has 1 aromatic carbocycles. The predicted octanol–water partition coefficient (Wildman–Crippen LogP) is 0.925. The van der Waals surface area contributed by atoms with Gasteiger partial charge < -0.3 is 9.80 Å². The third kappa shape index (κ3) is 3.50. The monoisotopic (exact) mass is 330 g/mol. The lowest BCUT2D eigenvalue weighted by molar-refractivity contribution is -0.384. The van der Waals surface area contributed by atoms with Gasteiger partial charge in [0, 0.05) is 38.7 Å². The van der Waals surface area contributed by atoms with E-state index >= 15 is 0 Å². The molecule has 0 atom stereocenters. The number of hydrogen-bond acceptors (Lipinski definition) is 6. The minimum absolute atomic E-state index is 0.0627. The van der Waals surface area contributed by atoms with Crippen molar-refractivity contribution < 1.29 is 9.72 Å². The summed E-state index contributed by atoms with van der Waals surface area (Å²) in [6.07, 6.45) is 3.39. The molecule has 3 rings (SSSR count). The highest BCUT2D eigenvalue weighted by Gasteiger charge is 2.25. The van der Waals surface area contributed by atoms with Crippen LogP contribution in [0.2, 0.25) is 0 Å². The van der Waals surface area contributed by atoms with Crippen LogP contribution in [-0.2, 0) is 11.3 Å². The Labute approximate surface area is 138 Å². The smallest absolute Gasteiger partial charge is 0.292 e. The van der Waals surface area contributed by atoms with Crippen molar-refractivity contribution in [3.05, 3.63) is 47.0 Å². The number of para-hydroxylation sites is 2. The topological polar surface area (TPSA) is 97.4 Å². The van der Waals surface area contributed by atoms with E-state index < -0.39 is 0 Å². The second-order valence-corrected chi connectivity index (χ2v) is 5.52. The van der Waals surface area contributed by atoms with Crippen LogP contribution in [0.25, 0.3) is 0 Å². The van der Waals surface area contributed by atoms with Gasteiger partial charge in [-0.1, -0.05) is 12.1 Å². The normalized spacial score (nSPS) is 14.7. The zero-order valence-corrected chi connectivity index (χ0v) is 13.1. The van der Waals surface area contributed by atoms with Crippen LogP contribution in [0.3, 0.4) is 0 Å². The maximum atomic E-state index is 12.2. The Balaban J connectivity index is 1.56. The van der Waals surface area contributed by atoms with Crippen molar-refractivity contribution in [2.75, 3.05) is 31.1 Å². The highest BCUT2D eigenvalue weighted by molar-refractivity contribution is 5.76. The number of carbonyl (C=O) groups is 1. The van der Waals surface area contributed by atoms with E-state index in [2.05, 4.69) is 10.1 Å². The van der Waals surface area contributed by atoms with E-state index in [1.54, 1.807) is 34.1 Å². The Morgan fingerprint density at radius 2 is 1.96 bits per heavy atom. The molecule has 1 aromatic heterocycles. The lowest BCUT2D eigenvalue weighted by Crippen LogP contribution is -2.49. The third-order valence-corrected chi connectivity index (χ3v) is 4.07. The van der Waals surface area contributed by atoms with Crippen molar-refractivity contribution in [1.29, 1.82) is 0 Å². The molecule has 0 aliphatic carbocycles. The number of aromatic nitrogens is 3. The Morgan fingerprint density at radius 1 is 1.21 bits per heavy atom. The zero-order valence-electron chi connectivity index (χ0n) is 13.1.